The van der Waals surface area contributed by atoms with E-state index in [1.165, 1.54) is 4.90 Å². The first-order chi connectivity index (χ1) is 15.0. The fraction of sp³-hybridized carbons (Fsp3) is 0.217. The van der Waals surface area contributed by atoms with Gasteiger partial charge in [-0.1, -0.05) is 60.7 Å². The molecule has 8 heteroatoms. The molecule has 0 unspecified atom stereocenters. The third-order valence-electron chi connectivity index (χ3n) is 4.46. The second-order valence-electron chi connectivity index (χ2n) is 6.72. The Labute approximate surface area is 184 Å². The number of thioether (sulfide) groups is 1. The van der Waals surface area contributed by atoms with Gasteiger partial charge in [-0.15, -0.1) is 0 Å². The van der Waals surface area contributed by atoms with Crippen molar-refractivity contribution in [3.63, 3.8) is 0 Å². The Bertz CT molecular complexity index is 992. The van der Waals surface area contributed by atoms with Gasteiger partial charge in [0.15, 0.2) is 0 Å². The molecule has 3 rings (SSSR count). The molecule has 0 atom stereocenters. The summed E-state index contributed by atoms with van der Waals surface area (Å²) in [5.74, 6) is -1.59. The van der Waals surface area contributed by atoms with Gasteiger partial charge in [-0.25, -0.2) is 0 Å². The van der Waals surface area contributed by atoms with Crippen LogP contribution in [0.15, 0.2) is 65.6 Å². The predicted octanol–water partition coefficient (Wildman–Crippen LogP) is 3.31. The molecule has 1 aliphatic rings. The van der Waals surface area contributed by atoms with Gasteiger partial charge in [0.1, 0.15) is 13.1 Å². The minimum Gasteiger partial charge on any atom is -0.465 e. The number of hydrogen-bond acceptors (Lipinski definition) is 6. The van der Waals surface area contributed by atoms with E-state index in [1.54, 1.807) is 13.0 Å². The third-order valence-corrected chi connectivity index (χ3v) is 5.37. The van der Waals surface area contributed by atoms with Crippen LogP contribution in [0.25, 0.3) is 6.08 Å². The number of ether oxygens (including phenoxy) is 1. The third kappa shape index (κ3) is 6.05. The summed E-state index contributed by atoms with van der Waals surface area (Å²) in [7, 11) is 0. The molecule has 31 heavy (non-hydrogen) atoms. The molecule has 2 aromatic rings. The van der Waals surface area contributed by atoms with Crippen molar-refractivity contribution in [3.8, 4) is 0 Å². The molecule has 0 aromatic heterocycles. The highest BCUT2D eigenvalue weighted by molar-refractivity contribution is 8.18. The lowest BCUT2D eigenvalue weighted by atomic mass is 10.2. The normalized spacial score (nSPS) is 14.7. The average Bonchev–Trinajstić information content (AvgIpc) is 3.02. The number of rotatable bonds is 8. The second-order valence-corrected chi connectivity index (χ2v) is 7.71. The molecule has 1 fully saturated rings. The number of benzene rings is 2. The lowest BCUT2D eigenvalue weighted by Crippen LogP contribution is -2.44. The first-order valence-electron chi connectivity index (χ1n) is 9.75. The van der Waals surface area contributed by atoms with Gasteiger partial charge in [0.25, 0.3) is 11.1 Å². The van der Waals surface area contributed by atoms with Crippen LogP contribution >= 0.6 is 11.8 Å². The smallest absolute Gasteiger partial charge is 0.325 e. The molecule has 0 radical (unpaired) electrons. The van der Waals surface area contributed by atoms with E-state index in [2.05, 4.69) is 0 Å². The molecule has 0 saturated carbocycles. The fourth-order valence-corrected chi connectivity index (χ4v) is 3.81. The van der Waals surface area contributed by atoms with Gasteiger partial charge >= 0.3 is 5.97 Å². The summed E-state index contributed by atoms with van der Waals surface area (Å²) < 4.78 is 4.96. The lowest BCUT2D eigenvalue weighted by molar-refractivity contribution is -0.149. The van der Waals surface area contributed by atoms with Gasteiger partial charge in [-0.2, -0.15) is 0 Å². The van der Waals surface area contributed by atoms with Gasteiger partial charge in [-0.3, -0.25) is 24.1 Å². The highest BCUT2D eigenvalue weighted by atomic mass is 32.2. The molecular weight excluding hydrogens is 416 g/mol. The van der Waals surface area contributed by atoms with Crippen LogP contribution in [0, 0.1) is 0 Å². The number of esters is 1. The van der Waals surface area contributed by atoms with E-state index in [-0.39, 0.29) is 24.6 Å². The standard InChI is InChI=1S/C23H22N2O5S/c1-2-30-21(27)16-24(14-18-11-7-4-8-12-18)20(26)15-25-22(28)19(31-23(25)29)13-17-9-5-3-6-10-17/h3-13H,2,14-16H2,1H3/b19-13+. The molecule has 7 nitrogen and oxygen atoms in total. The van der Waals surface area contributed by atoms with E-state index in [1.807, 2.05) is 60.7 Å². The summed E-state index contributed by atoms with van der Waals surface area (Å²) in [5.41, 5.74) is 1.60. The highest BCUT2D eigenvalue weighted by Crippen LogP contribution is 2.32. The van der Waals surface area contributed by atoms with Crippen LogP contribution in [-0.2, 0) is 25.7 Å². The van der Waals surface area contributed by atoms with Crippen LogP contribution in [0.3, 0.4) is 0 Å². The number of hydrogen-bond donors (Lipinski definition) is 0. The number of amides is 3. The van der Waals surface area contributed by atoms with E-state index in [4.69, 9.17) is 4.74 Å². The Balaban J connectivity index is 1.73. The summed E-state index contributed by atoms with van der Waals surface area (Å²) in [6.45, 7) is 1.33. The molecule has 3 amide bonds. The van der Waals surface area contributed by atoms with Crippen LogP contribution in [0.1, 0.15) is 18.1 Å². The SMILES string of the molecule is CCOC(=O)CN(Cc1ccccc1)C(=O)CN1C(=O)S/C(=C/c2ccccc2)C1=O. The number of imide groups is 1. The summed E-state index contributed by atoms with van der Waals surface area (Å²) in [5, 5.41) is -0.517. The molecule has 1 aliphatic heterocycles. The first-order valence-corrected chi connectivity index (χ1v) is 10.6. The molecule has 0 bridgehead atoms. The van der Waals surface area contributed by atoms with Crippen molar-refractivity contribution in [1.29, 1.82) is 0 Å². The van der Waals surface area contributed by atoms with Gasteiger partial charge in [-0.05, 0) is 35.9 Å². The van der Waals surface area contributed by atoms with Crippen molar-refractivity contribution in [3.05, 3.63) is 76.7 Å². The second kappa shape index (κ2) is 10.6. The Kier molecular flexibility index (Phi) is 7.61. The predicted molar refractivity (Wildman–Crippen MR) is 118 cm³/mol. The summed E-state index contributed by atoms with van der Waals surface area (Å²) in [6, 6.07) is 18.3. The molecule has 0 spiro atoms. The van der Waals surface area contributed by atoms with Crippen molar-refractivity contribution >= 4 is 40.9 Å². The van der Waals surface area contributed by atoms with Crippen LogP contribution in [0.2, 0.25) is 0 Å². The highest BCUT2D eigenvalue weighted by Gasteiger charge is 2.37. The lowest BCUT2D eigenvalue weighted by Gasteiger charge is -2.24. The van der Waals surface area contributed by atoms with E-state index < -0.39 is 29.6 Å². The average molecular weight is 439 g/mol. The van der Waals surface area contributed by atoms with E-state index >= 15 is 0 Å². The topological polar surface area (TPSA) is 84.0 Å². The fourth-order valence-electron chi connectivity index (χ4n) is 2.97. The van der Waals surface area contributed by atoms with Crippen LogP contribution in [0.4, 0.5) is 4.79 Å². The largest absolute Gasteiger partial charge is 0.465 e. The molecule has 0 N–H and O–H groups in total. The molecular formula is C23H22N2O5S. The Hall–Kier alpha value is -3.39. The van der Waals surface area contributed by atoms with E-state index in [9.17, 15) is 19.2 Å². The van der Waals surface area contributed by atoms with Crippen LogP contribution < -0.4 is 0 Å². The number of nitrogens with zero attached hydrogens (tertiary/aromatic N) is 2. The minimum absolute atomic E-state index is 0.161. The van der Waals surface area contributed by atoms with Crippen molar-refractivity contribution in [1.82, 2.24) is 9.80 Å². The Morgan fingerprint density at radius 2 is 1.68 bits per heavy atom. The maximum atomic E-state index is 12.9. The number of carbonyl (C=O) groups is 4. The zero-order valence-corrected chi connectivity index (χ0v) is 17.8. The number of carbonyl (C=O) groups excluding carboxylic acids is 4. The summed E-state index contributed by atoms with van der Waals surface area (Å²) in [4.78, 5) is 52.5. The van der Waals surface area contributed by atoms with Gasteiger partial charge in [0.2, 0.25) is 5.91 Å². The zero-order chi connectivity index (χ0) is 22.2. The minimum atomic E-state index is -0.551. The molecule has 0 aliphatic carbocycles. The molecule has 160 valence electrons. The van der Waals surface area contributed by atoms with Gasteiger partial charge in [0, 0.05) is 6.54 Å². The zero-order valence-electron chi connectivity index (χ0n) is 17.0. The van der Waals surface area contributed by atoms with E-state index in [0.717, 1.165) is 27.8 Å². The Morgan fingerprint density at radius 3 is 2.32 bits per heavy atom. The first kappa shape index (κ1) is 22.3. The Morgan fingerprint density at radius 1 is 1.03 bits per heavy atom. The monoisotopic (exact) mass is 438 g/mol. The van der Waals surface area contributed by atoms with Crippen molar-refractivity contribution in [2.45, 2.75) is 13.5 Å². The van der Waals surface area contributed by atoms with Crippen molar-refractivity contribution in [2.75, 3.05) is 19.7 Å². The van der Waals surface area contributed by atoms with Crippen LogP contribution in [-0.4, -0.2) is 52.5 Å². The van der Waals surface area contributed by atoms with Gasteiger partial charge < -0.3 is 9.64 Å². The quantitative estimate of drug-likeness (QED) is 0.464. The summed E-state index contributed by atoms with van der Waals surface area (Å²) >= 11 is 0.793. The maximum absolute atomic E-state index is 12.9. The van der Waals surface area contributed by atoms with Crippen molar-refractivity contribution in [2.24, 2.45) is 0 Å². The van der Waals surface area contributed by atoms with Gasteiger partial charge in [0.05, 0.1) is 11.5 Å². The maximum Gasteiger partial charge on any atom is 0.325 e. The summed E-state index contributed by atoms with van der Waals surface area (Å²) in [6.07, 6.45) is 1.62. The van der Waals surface area contributed by atoms with Crippen molar-refractivity contribution < 1.29 is 23.9 Å². The molecule has 1 saturated heterocycles. The van der Waals surface area contributed by atoms with E-state index in [0.29, 0.717) is 0 Å². The van der Waals surface area contributed by atoms with Crippen LogP contribution in [0.5, 0.6) is 0 Å². The molecule has 1 heterocycles. The molecule has 2 aromatic carbocycles.